The molecule has 3 aliphatic heterocycles. The summed E-state index contributed by atoms with van der Waals surface area (Å²) in [5, 5.41) is 0. The molecule has 1 aromatic carbocycles. The molecule has 168 valence electrons. The van der Waals surface area contributed by atoms with Gasteiger partial charge in [0.1, 0.15) is 0 Å². The van der Waals surface area contributed by atoms with E-state index in [0.717, 1.165) is 70.0 Å². The number of carbonyl (C=O) groups is 2. The number of piperidine rings is 2. The number of ether oxygens (including phenoxy) is 1. The standard InChI is InChI=1S/C25H35N3O3/c1-3-31-24(30)27-12-8-21(9-13-27)26-14-10-25(11-15-26)17-28(18(2)29)23-7-6-20(16-22(23)25)19-4-5-19/h6-7,16,19,21H,3-5,8-15,17H2,1-2H3. The molecule has 3 heterocycles. The van der Waals surface area contributed by atoms with Gasteiger partial charge in [-0.1, -0.05) is 12.1 Å². The van der Waals surface area contributed by atoms with Crippen molar-refractivity contribution in [3.05, 3.63) is 29.3 Å². The smallest absolute Gasteiger partial charge is 0.409 e. The molecule has 1 aromatic rings. The second kappa shape index (κ2) is 8.12. The molecule has 2 saturated heterocycles. The first-order valence-electron chi connectivity index (χ1n) is 12.1. The predicted octanol–water partition coefficient (Wildman–Crippen LogP) is 3.89. The van der Waals surface area contributed by atoms with E-state index < -0.39 is 0 Å². The third-order valence-corrected chi connectivity index (χ3v) is 8.03. The summed E-state index contributed by atoms with van der Waals surface area (Å²) >= 11 is 0. The van der Waals surface area contributed by atoms with Crippen molar-refractivity contribution in [1.29, 1.82) is 0 Å². The van der Waals surface area contributed by atoms with Crippen LogP contribution in [-0.4, -0.2) is 67.2 Å². The van der Waals surface area contributed by atoms with Crippen LogP contribution in [0.2, 0.25) is 0 Å². The molecule has 0 N–H and O–H groups in total. The number of amides is 2. The van der Waals surface area contributed by atoms with Crippen molar-refractivity contribution in [2.24, 2.45) is 0 Å². The molecular formula is C25H35N3O3. The number of anilines is 1. The fourth-order valence-corrected chi connectivity index (χ4v) is 6.01. The quantitative estimate of drug-likeness (QED) is 0.737. The zero-order chi connectivity index (χ0) is 21.6. The largest absolute Gasteiger partial charge is 0.450 e. The summed E-state index contributed by atoms with van der Waals surface area (Å²) in [4.78, 5) is 30.9. The number of rotatable bonds is 3. The molecule has 2 amide bonds. The van der Waals surface area contributed by atoms with Gasteiger partial charge in [-0.25, -0.2) is 4.79 Å². The second-order valence-electron chi connectivity index (χ2n) is 9.89. The minimum absolute atomic E-state index is 0.105. The van der Waals surface area contributed by atoms with Gasteiger partial charge in [0.05, 0.1) is 6.61 Å². The Bertz CT molecular complexity index is 850. The van der Waals surface area contributed by atoms with E-state index in [1.807, 2.05) is 16.7 Å². The van der Waals surface area contributed by atoms with Gasteiger partial charge in [0.2, 0.25) is 5.91 Å². The van der Waals surface area contributed by atoms with Crippen LogP contribution in [0.5, 0.6) is 0 Å². The first-order chi connectivity index (χ1) is 15.0. The van der Waals surface area contributed by atoms with Crippen molar-refractivity contribution in [2.45, 2.75) is 69.7 Å². The maximum Gasteiger partial charge on any atom is 0.409 e. The molecule has 4 aliphatic rings. The van der Waals surface area contributed by atoms with Gasteiger partial charge < -0.3 is 19.4 Å². The molecule has 0 radical (unpaired) electrons. The van der Waals surface area contributed by atoms with E-state index in [1.54, 1.807) is 6.92 Å². The maximum absolute atomic E-state index is 12.4. The molecule has 0 unspecified atom stereocenters. The summed E-state index contributed by atoms with van der Waals surface area (Å²) in [6.07, 6.45) is 6.70. The average Bonchev–Trinajstić information content (AvgIpc) is 3.59. The Morgan fingerprint density at radius 3 is 2.39 bits per heavy atom. The molecule has 6 nitrogen and oxygen atoms in total. The van der Waals surface area contributed by atoms with Gasteiger partial charge in [0.25, 0.3) is 0 Å². The van der Waals surface area contributed by atoms with E-state index in [4.69, 9.17) is 4.74 Å². The Labute approximate surface area is 185 Å². The normalized spacial score (nSPS) is 23.8. The lowest BCUT2D eigenvalue weighted by Crippen LogP contribution is -2.52. The van der Waals surface area contributed by atoms with Crippen LogP contribution in [0.25, 0.3) is 0 Å². The van der Waals surface area contributed by atoms with Crippen LogP contribution in [0.15, 0.2) is 18.2 Å². The number of benzene rings is 1. The Morgan fingerprint density at radius 1 is 1.06 bits per heavy atom. The lowest BCUT2D eigenvalue weighted by atomic mass is 9.73. The summed E-state index contributed by atoms with van der Waals surface area (Å²) in [7, 11) is 0. The average molecular weight is 426 g/mol. The molecule has 3 fully saturated rings. The molecule has 1 spiro atoms. The fourth-order valence-electron chi connectivity index (χ4n) is 6.01. The van der Waals surface area contributed by atoms with E-state index >= 15 is 0 Å². The minimum atomic E-state index is -0.170. The van der Waals surface area contributed by atoms with Crippen LogP contribution >= 0.6 is 0 Å². The molecule has 31 heavy (non-hydrogen) atoms. The summed E-state index contributed by atoms with van der Waals surface area (Å²) in [5.41, 5.74) is 4.14. The predicted molar refractivity (Wildman–Crippen MR) is 121 cm³/mol. The Balaban J connectivity index is 1.26. The van der Waals surface area contributed by atoms with Crippen molar-refractivity contribution in [3.8, 4) is 0 Å². The van der Waals surface area contributed by atoms with Gasteiger partial charge in [0, 0.05) is 43.7 Å². The first-order valence-corrected chi connectivity index (χ1v) is 12.1. The molecule has 1 aliphatic carbocycles. The van der Waals surface area contributed by atoms with Crippen molar-refractivity contribution < 1.29 is 14.3 Å². The highest BCUT2D eigenvalue weighted by atomic mass is 16.6. The third-order valence-electron chi connectivity index (χ3n) is 8.03. The maximum atomic E-state index is 12.4. The van der Waals surface area contributed by atoms with Gasteiger partial charge in [-0.3, -0.25) is 4.79 Å². The van der Waals surface area contributed by atoms with E-state index in [2.05, 4.69) is 23.1 Å². The molecular weight excluding hydrogens is 390 g/mol. The fraction of sp³-hybridized carbons (Fsp3) is 0.680. The number of likely N-dealkylation sites (tertiary alicyclic amines) is 2. The van der Waals surface area contributed by atoms with Crippen LogP contribution in [0.1, 0.15) is 69.4 Å². The Kier molecular flexibility index (Phi) is 5.45. The van der Waals surface area contributed by atoms with Gasteiger partial charge in [-0.15, -0.1) is 0 Å². The number of fused-ring (bicyclic) bond motifs is 2. The zero-order valence-corrected chi connectivity index (χ0v) is 18.9. The molecule has 6 heteroatoms. The van der Waals surface area contributed by atoms with Crippen molar-refractivity contribution in [1.82, 2.24) is 9.80 Å². The van der Waals surface area contributed by atoms with Gasteiger partial charge in [0.15, 0.2) is 0 Å². The topological polar surface area (TPSA) is 53.1 Å². The summed E-state index contributed by atoms with van der Waals surface area (Å²) in [6.45, 7) is 8.55. The molecule has 5 rings (SSSR count). The molecule has 0 bridgehead atoms. The van der Waals surface area contributed by atoms with Crippen LogP contribution in [0.3, 0.4) is 0 Å². The van der Waals surface area contributed by atoms with Crippen molar-refractivity contribution in [3.63, 3.8) is 0 Å². The highest BCUT2D eigenvalue weighted by Gasteiger charge is 2.47. The Morgan fingerprint density at radius 2 is 1.77 bits per heavy atom. The van der Waals surface area contributed by atoms with Crippen molar-refractivity contribution >= 4 is 17.7 Å². The van der Waals surface area contributed by atoms with E-state index in [-0.39, 0.29) is 17.4 Å². The Hall–Kier alpha value is -2.08. The summed E-state index contributed by atoms with van der Waals surface area (Å²) in [5.74, 6) is 0.893. The van der Waals surface area contributed by atoms with E-state index in [0.29, 0.717) is 12.6 Å². The van der Waals surface area contributed by atoms with Gasteiger partial charge in [-0.2, -0.15) is 0 Å². The van der Waals surface area contributed by atoms with Crippen LogP contribution < -0.4 is 4.90 Å². The highest BCUT2D eigenvalue weighted by molar-refractivity contribution is 5.94. The van der Waals surface area contributed by atoms with E-state index in [1.165, 1.54) is 24.0 Å². The molecule has 0 aromatic heterocycles. The number of carbonyl (C=O) groups excluding carboxylic acids is 2. The van der Waals surface area contributed by atoms with Crippen molar-refractivity contribution in [2.75, 3.05) is 44.2 Å². The van der Waals surface area contributed by atoms with E-state index in [9.17, 15) is 9.59 Å². The number of nitrogens with zero attached hydrogens (tertiary/aromatic N) is 3. The third kappa shape index (κ3) is 3.84. The lowest BCUT2D eigenvalue weighted by Gasteiger charge is -2.45. The van der Waals surface area contributed by atoms with Gasteiger partial charge in [-0.05, 0) is 81.6 Å². The van der Waals surface area contributed by atoms with Crippen LogP contribution in [0, 0.1) is 0 Å². The first kappa shape index (κ1) is 20.8. The highest BCUT2D eigenvalue weighted by Crippen LogP contribution is 2.50. The van der Waals surface area contributed by atoms with Crippen LogP contribution in [-0.2, 0) is 14.9 Å². The SMILES string of the molecule is CCOC(=O)N1CCC(N2CCC3(CC2)CN(C(C)=O)c2ccc(C4CC4)cc23)CC1. The second-order valence-corrected chi connectivity index (χ2v) is 9.89. The monoisotopic (exact) mass is 425 g/mol. The number of hydrogen-bond acceptors (Lipinski definition) is 4. The van der Waals surface area contributed by atoms with Gasteiger partial charge >= 0.3 is 6.09 Å². The minimum Gasteiger partial charge on any atom is -0.450 e. The lowest BCUT2D eigenvalue weighted by molar-refractivity contribution is -0.116. The number of hydrogen-bond donors (Lipinski definition) is 0. The molecule has 0 atom stereocenters. The summed E-state index contributed by atoms with van der Waals surface area (Å²) < 4.78 is 5.16. The summed E-state index contributed by atoms with van der Waals surface area (Å²) in [6, 6.07) is 7.43. The van der Waals surface area contributed by atoms with Crippen LogP contribution in [0.4, 0.5) is 10.5 Å². The molecule has 1 saturated carbocycles. The zero-order valence-electron chi connectivity index (χ0n) is 18.9.